The van der Waals surface area contributed by atoms with Crippen molar-refractivity contribution in [3.63, 3.8) is 0 Å². The maximum Gasteiger partial charge on any atom is 0.331 e. The molecule has 0 unspecified atom stereocenters. The standard InChI is InChI=1S/C22H21N5O3/c1-15-19-12-24-18(20(28)25-11-16-7-9-23-10-8-16)14-26(19)22(30)27(21(15)29)13-17-5-3-2-4-6-17/h2-10H,11-14H2,1H3,(H,25,28). The van der Waals surface area contributed by atoms with Gasteiger partial charge in [0.2, 0.25) is 0 Å². The van der Waals surface area contributed by atoms with Crippen LogP contribution in [0.5, 0.6) is 0 Å². The molecule has 1 N–H and O–H groups in total. The van der Waals surface area contributed by atoms with E-state index in [0.29, 0.717) is 17.8 Å². The Morgan fingerprint density at radius 3 is 2.53 bits per heavy atom. The number of pyridine rings is 1. The molecule has 0 spiro atoms. The van der Waals surface area contributed by atoms with Crippen molar-refractivity contribution in [1.82, 2.24) is 19.4 Å². The van der Waals surface area contributed by atoms with E-state index in [1.807, 2.05) is 42.5 Å². The maximum absolute atomic E-state index is 13.1. The summed E-state index contributed by atoms with van der Waals surface area (Å²) in [6.07, 6.45) is 3.31. The van der Waals surface area contributed by atoms with E-state index in [1.54, 1.807) is 19.3 Å². The van der Waals surface area contributed by atoms with E-state index in [2.05, 4.69) is 15.3 Å². The first kappa shape index (κ1) is 19.5. The number of carbonyl (C=O) groups is 1. The summed E-state index contributed by atoms with van der Waals surface area (Å²) in [4.78, 5) is 46.7. The summed E-state index contributed by atoms with van der Waals surface area (Å²) in [7, 11) is 0. The average Bonchev–Trinajstić information content (AvgIpc) is 2.80. The molecular formula is C22H21N5O3. The number of aliphatic imine (C=N–C) groups is 1. The van der Waals surface area contributed by atoms with Crippen LogP contribution in [0.2, 0.25) is 0 Å². The molecule has 0 saturated heterocycles. The van der Waals surface area contributed by atoms with Crippen LogP contribution in [0, 0.1) is 6.92 Å². The first-order valence-electron chi connectivity index (χ1n) is 9.62. The zero-order valence-electron chi connectivity index (χ0n) is 16.5. The quantitative estimate of drug-likeness (QED) is 0.688. The zero-order valence-corrected chi connectivity index (χ0v) is 16.5. The molecule has 30 heavy (non-hydrogen) atoms. The van der Waals surface area contributed by atoms with Crippen molar-refractivity contribution in [3.8, 4) is 0 Å². The van der Waals surface area contributed by atoms with Gasteiger partial charge in [0.25, 0.3) is 11.5 Å². The fourth-order valence-electron chi connectivity index (χ4n) is 3.45. The fourth-order valence-corrected chi connectivity index (χ4v) is 3.45. The Morgan fingerprint density at radius 2 is 1.80 bits per heavy atom. The van der Waals surface area contributed by atoms with Crippen LogP contribution in [0.4, 0.5) is 0 Å². The Morgan fingerprint density at radius 1 is 1.07 bits per heavy atom. The summed E-state index contributed by atoms with van der Waals surface area (Å²) in [5.74, 6) is -0.331. The van der Waals surface area contributed by atoms with Crippen LogP contribution in [0.3, 0.4) is 0 Å². The SMILES string of the molecule is Cc1c2n(c(=O)n(Cc3ccccc3)c1=O)CC(C(=O)NCc1ccncc1)=NC2. The number of nitrogens with zero attached hydrogens (tertiary/aromatic N) is 4. The van der Waals surface area contributed by atoms with Crippen molar-refractivity contribution in [2.24, 2.45) is 4.99 Å². The lowest BCUT2D eigenvalue weighted by Crippen LogP contribution is -2.47. The van der Waals surface area contributed by atoms with E-state index >= 15 is 0 Å². The second-order valence-electron chi connectivity index (χ2n) is 7.12. The predicted octanol–water partition coefficient (Wildman–Crippen LogP) is 1.03. The molecule has 0 aliphatic carbocycles. The highest BCUT2D eigenvalue weighted by Crippen LogP contribution is 2.10. The minimum absolute atomic E-state index is 0.0340. The smallest absolute Gasteiger partial charge is 0.331 e. The normalized spacial score (nSPS) is 12.8. The summed E-state index contributed by atoms with van der Waals surface area (Å²) in [6.45, 7) is 2.38. The number of hydrogen-bond acceptors (Lipinski definition) is 5. The van der Waals surface area contributed by atoms with Crippen molar-refractivity contribution < 1.29 is 4.79 Å². The van der Waals surface area contributed by atoms with Gasteiger partial charge in [-0.1, -0.05) is 30.3 Å². The predicted molar refractivity (Wildman–Crippen MR) is 112 cm³/mol. The Bertz CT molecular complexity index is 1230. The van der Waals surface area contributed by atoms with Crippen molar-refractivity contribution in [2.45, 2.75) is 33.1 Å². The highest BCUT2D eigenvalue weighted by Gasteiger charge is 2.23. The number of nitrogens with one attached hydrogen (secondary N) is 1. The summed E-state index contributed by atoms with van der Waals surface area (Å²) in [5.41, 5.74) is 2.32. The van der Waals surface area contributed by atoms with Gasteiger partial charge >= 0.3 is 5.69 Å². The van der Waals surface area contributed by atoms with Gasteiger partial charge in [-0.25, -0.2) is 4.79 Å². The van der Waals surface area contributed by atoms with Crippen molar-refractivity contribution >= 4 is 11.6 Å². The Hall–Kier alpha value is -3.81. The van der Waals surface area contributed by atoms with Crippen LogP contribution in [-0.4, -0.2) is 25.7 Å². The van der Waals surface area contributed by atoms with Gasteiger partial charge in [0, 0.05) is 24.5 Å². The lowest BCUT2D eigenvalue weighted by molar-refractivity contribution is -0.115. The number of rotatable bonds is 5. The molecule has 8 heteroatoms. The first-order chi connectivity index (χ1) is 14.5. The van der Waals surface area contributed by atoms with Gasteiger partial charge in [-0.2, -0.15) is 0 Å². The van der Waals surface area contributed by atoms with Gasteiger partial charge in [-0.05, 0) is 30.2 Å². The van der Waals surface area contributed by atoms with Crippen LogP contribution in [0.15, 0.2) is 69.4 Å². The van der Waals surface area contributed by atoms with Gasteiger partial charge < -0.3 is 5.32 Å². The number of benzene rings is 1. The number of carbonyl (C=O) groups excluding carboxylic acids is 1. The Labute approximate surface area is 172 Å². The molecule has 3 heterocycles. The van der Waals surface area contributed by atoms with Crippen LogP contribution in [0.1, 0.15) is 22.4 Å². The number of fused-ring (bicyclic) bond motifs is 1. The summed E-state index contributed by atoms with van der Waals surface area (Å²) < 4.78 is 2.69. The summed E-state index contributed by atoms with van der Waals surface area (Å²) in [5, 5.41) is 2.82. The van der Waals surface area contributed by atoms with Gasteiger partial charge in [0.1, 0.15) is 5.71 Å². The highest BCUT2D eigenvalue weighted by molar-refractivity contribution is 6.38. The van der Waals surface area contributed by atoms with Crippen LogP contribution in [0.25, 0.3) is 0 Å². The largest absolute Gasteiger partial charge is 0.347 e. The molecule has 0 bridgehead atoms. The molecular weight excluding hydrogens is 382 g/mol. The summed E-state index contributed by atoms with van der Waals surface area (Å²) >= 11 is 0. The molecule has 3 aromatic rings. The van der Waals surface area contributed by atoms with E-state index in [-0.39, 0.29) is 36.8 Å². The van der Waals surface area contributed by atoms with E-state index in [4.69, 9.17) is 0 Å². The minimum Gasteiger partial charge on any atom is -0.347 e. The van der Waals surface area contributed by atoms with Crippen LogP contribution >= 0.6 is 0 Å². The van der Waals surface area contributed by atoms with Gasteiger partial charge in [0.15, 0.2) is 0 Å². The molecule has 0 saturated carbocycles. The minimum atomic E-state index is -0.432. The molecule has 1 aliphatic rings. The maximum atomic E-state index is 13.1. The van der Waals surface area contributed by atoms with Crippen molar-refractivity contribution in [3.05, 3.63) is 98.1 Å². The Balaban J connectivity index is 1.59. The Kier molecular flexibility index (Phi) is 5.38. The van der Waals surface area contributed by atoms with Crippen molar-refractivity contribution in [1.29, 1.82) is 0 Å². The van der Waals surface area contributed by atoms with Crippen LogP contribution < -0.4 is 16.6 Å². The highest BCUT2D eigenvalue weighted by atomic mass is 16.2. The van der Waals surface area contributed by atoms with E-state index < -0.39 is 5.69 Å². The van der Waals surface area contributed by atoms with Crippen LogP contribution in [-0.2, 0) is 31.0 Å². The number of amides is 1. The second-order valence-corrected chi connectivity index (χ2v) is 7.12. The third-order valence-corrected chi connectivity index (χ3v) is 5.16. The molecule has 0 radical (unpaired) electrons. The molecule has 1 aromatic carbocycles. The van der Waals surface area contributed by atoms with Crippen molar-refractivity contribution in [2.75, 3.05) is 0 Å². The average molecular weight is 403 g/mol. The van der Waals surface area contributed by atoms with Gasteiger partial charge in [0.05, 0.1) is 25.3 Å². The molecule has 152 valence electrons. The molecule has 0 atom stereocenters. The molecule has 4 rings (SSSR count). The fraction of sp³-hybridized carbons (Fsp3) is 0.227. The second kappa shape index (κ2) is 8.28. The topological polar surface area (TPSA) is 98.3 Å². The molecule has 1 amide bonds. The third-order valence-electron chi connectivity index (χ3n) is 5.16. The van der Waals surface area contributed by atoms with Gasteiger partial charge in [-0.15, -0.1) is 0 Å². The molecule has 8 nitrogen and oxygen atoms in total. The van der Waals surface area contributed by atoms with Gasteiger partial charge in [-0.3, -0.25) is 28.7 Å². The number of hydrogen-bond donors (Lipinski definition) is 1. The zero-order chi connectivity index (χ0) is 21.1. The monoisotopic (exact) mass is 403 g/mol. The number of aromatic nitrogens is 3. The van der Waals surface area contributed by atoms with E-state index in [0.717, 1.165) is 11.1 Å². The molecule has 2 aromatic heterocycles. The first-order valence-corrected chi connectivity index (χ1v) is 9.62. The lowest BCUT2D eigenvalue weighted by Gasteiger charge is -2.21. The lowest BCUT2D eigenvalue weighted by atomic mass is 10.1. The molecule has 0 fully saturated rings. The third kappa shape index (κ3) is 3.84. The summed E-state index contributed by atoms with van der Waals surface area (Å²) in [6, 6.07) is 13.0. The van der Waals surface area contributed by atoms with E-state index in [1.165, 1.54) is 9.13 Å². The van der Waals surface area contributed by atoms with E-state index in [9.17, 15) is 14.4 Å². The molecule has 1 aliphatic heterocycles.